The molecule has 6 nitrogen and oxygen atoms in total. The van der Waals surface area contributed by atoms with Crippen molar-refractivity contribution in [2.24, 2.45) is 5.73 Å². The van der Waals surface area contributed by atoms with Crippen molar-refractivity contribution in [3.63, 3.8) is 0 Å². The molecular formula is C20H20F4N4O2S. The number of rotatable bonds is 8. The van der Waals surface area contributed by atoms with Crippen LogP contribution >= 0.6 is 11.3 Å². The molecule has 1 atom stereocenters. The first kappa shape index (κ1) is 22.9. The van der Waals surface area contributed by atoms with Crippen molar-refractivity contribution in [3.8, 4) is 11.3 Å². The molecule has 1 amide bonds. The third-order valence-corrected chi connectivity index (χ3v) is 5.52. The van der Waals surface area contributed by atoms with Gasteiger partial charge in [-0.2, -0.15) is 13.2 Å². The van der Waals surface area contributed by atoms with E-state index in [0.29, 0.717) is 29.6 Å². The second-order valence-electron chi connectivity index (χ2n) is 6.74. The second kappa shape index (κ2) is 9.58. The lowest BCUT2D eigenvalue weighted by Crippen LogP contribution is -2.33. The molecular weight excluding hydrogens is 436 g/mol. The Kier molecular flexibility index (Phi) is 7.08. The molecule has 1 aromatic carbocycles. The van der Waals surface area contributed by atoms with E-state index >= 15 is 0 Å². The molecule has 11 heteroatoms. The molecule has 0 aliphatic carbocycles. The van der Waals surface area contributed by atoms with Crippen LogP contribution in [-0.2, 0) is 12.6 Å². The van der Waals surface area contributed by atoms with Crippen LogP contribution in [0.3, 0.4) is 0 Å². The van der Waals surface area contributed by atoms with Gasteiger partial charge in [0.25, 0.3) is 5.91 Å². The van der Waals surface area contributed by atoms with Gasteiger partial charge in [-0.15, -0.1) is 11.3 Å². The van der Waals surface area contributed by atoms with E-state index in [2.05, 4.69) is 15.3 Å². The second-order valence-corrected chi connectivity index (χ2v) is 7.63. The van der Waals surface area contributed by atoms with Crippen molar-refractivity contribution in [1.82, 2.24) is 15.3 Å². The Balaban J connectivity index is 1.72. The lowest BCUT2D eigenvalue weighted by atomic mass is 10.1. The first-order valence-electron chi connectivity index (χ1n) is 9.35. The van der Waals surface area contributed by atoms with Crippen molar-refractivity contribution < 1.29 is 27.5 Å². The molecule has 0 radical (unpaired) electrons. The number of halogens is 4. The Bertz CT molecular complexity index is 1050. The number of hydrogen-bond donors (Lipinski definition) is 4. The highest BCUT2D eigenvalue weighted by Crippen LogP contribution is 2.33. The van der Waals surface area contributed by atoms with Crippen LogP contribution < -0.4 is 11.1 Å². The van der Waals surface area contributed by atoms with Crippen molar-refractivity contribution in [2.75, 3.05) is 13.2 Å². The zero-order valence-corrected chi connectivity index (χ0v) is 17.0. The number of aromatic nitrogens is 2. The lowest BCUT2D eigenvalue weighted by molar-refractivity contribution is -0.139. The Labute approximate surface area is 179 Å². The van der Waals surface area contributed by atoms with Crippen LogP contribution in [0.5, 0.6) is 0 Å². The fourth-order valence-electron chi connectivity index (χ4n) is 2.92. The number of amides is 1. The molecule has 0 saturated heterocycles. The average molecular weight is 456 g/mol. The standard InChI is InChI=1S/C20H20F4N4O2S/c21-14-8-11(3-4-13(14)20(22,23)24)15-5-6-16(27-15)18(30)28-17(9-25)19-26-12(10-31-19)2-1-7-29/h3-6,8,10,17,27,29H,1-2,7,9,25H2,(H,28,30)/t17-/m0/s1. The lowest BCUT2D eigenvalue weighted by Gasteiger charge is -2.13. The molecule has 2 aromatic heterocycles. The van der Waals surface area contributed by atoms with Gasteiger partial charge in [0.05, 0.1) is 17.3 Å². The van der Waals surface area contributed by atoms with Crippen molar-refractivity contribution in [2.45, 2.75) is 25.1 Å². The molecule has 0 saturated carbocycles. The van der Waals surface area contributed by atoms with Gasteiger partial charge in [0.1, 0.15) is 16.5 Å². The Morgan fingerprint density at radius 1 is 1.29 bits per heavy atom. The zero-order valence-electron chi connectivity index (χ0n) is 16.2. The maximum atomic E-state index is 13.8. The van der Waals surface area contributed by atoms with Crippen molar-refractivity contribution in [3.05, 3.63) is 63.5 Å². The van der Waals surface area contributed by atoms with Crippen LogP contribution in [0.1, 0.15) is 39.2 Å². The molecule has 31 heavy (non-hydrogen) atoms. The normalized spacial score (nSPS) is 12.7. The summed E-state index contributed by atoms with van der Waals surface area (Å²) in [6.45, 7) is 0.165. The van der Waals surface area contributed by atoms with Gasteiger partial charge in [-0.3, -0.25) is 4.79 Å². The number of aryl methyl sites for hydroxylation is 1. The summed E-state index contributed by atoms with van der Waals surface area (Å²) in [5, 5.41) is 14.1. The topological polar surface area (TPSA) is 104 Å². The van der Waals surface area contributed by atoms with Gasteiger partial charge < -0.3 is 21.1 Å². The summed E-state index contributed by atoms with van der Waals surface area (Å²) >= 11 is 1.35. The van der Waals surface area contributed by atoms with E-state index < -0.39 is 29.5 Å². The van der Waals surface area contributed by atoms with Gasteiger partial charge in [-0.25, -0.2) is 9.37 Å². The van der Waals surface area contributed by atoms with Crippen LogP contribution in [0.2, 0.25) is 0 Å². The summed E-state index contributed by atoms with van der Waals surface area (Å²) in [6, 6.07) is 4.95. The smallest absolute Gasteiger partial charge is 0.396 e. The van der Waals surface area contributed by atoms with Crippen LogP contribution in [0, 0.1) is 5.82 Å². The number of carbonyl (C=O) groups excluding carboxylic acids is 1. The van der Waals surface area contributed by atoms with E-state index in [1.54, 1.807) is 0 Å². The highest BCUT2D eigenvalue weighted by molar-refractivity contribution is 7.09. The molecule has 0 aliphatic rings. The molecule has 3 rings (SSSR count). The van der Waals surface area contributed by atoms with Gasteiger partial charge in [-0.1, -0.05) is 6.07 Å². The van der Waals surface area contributed by atoms with Gasteiger partial charge in [0.15, 0.2) is 0 Å². The van der Waals surface area contributed by atoms with Crippen molar-refractivity contribution >= 4 is 17.2 Å². The SMILES string of the molecule is NC[C@H](NC(=O)c1ccc(-c2ccc(C(F)(F)F)c(F)c2)[nH]1)c1nc(CCCO)cs1. The zero-order chi connectivity index (χ0) is 22.6. The fourth-order valence-corrected chi connectivity index (χ4v) is 3.84. The van der Waals surface area contributed by atoms with Gasteiger partial charge in [0, 0.05) is 29.8 Å². The third-order valence-electron chi connectivity index (χ3n) is 4.52. The van der Waals surface area contributed by atoms with E-state index in [9.17, 15) is 22.4 Å². The van der Waals surface area contributed by atoms with Crippen molar-refractivity contribution in [1.29, 1.82) is 0 Å². The number of aromatic amines is 1. The largest absolute Gasteiger partial charge is 0.419 e. The molecule has 5 N–H and O–H groups in total. The Morgan fingerprint density at radius 3 is 2.71 bits per heavy atom. The molecule has 166 valence electrons. The van der Waals surface area contributed by atoms with Gasteiger partial charge in [-0.05, 0) is 37.1 Å². The van der Waals surface area contributed by atoms with Crippen LogP contribution in [-0.4, -0.2) is 34.1 Å². The molecule has 2 heterocycles. The monoisotopic (exact) mass is 456 g/mol. The minimum atomic E-state index is -4.78. The number of H-pyrrole nitrogens is 1. The van der Waals surface area contributed by atoms with E-state index in [0.717, 1.165) is 17.8 Å². The Morgan fingerprint density at radius 2 is 2.06 bits per heavy atom. The van der Waals surface area contributed by atoms with E-state index in [1.165, 1.54) is 23.5 Å². The number of hydrogen-bond acceptors (Lipinski definition) is 5. The van der Waals surface area contributed by atoms with Crippen LogP contribution in [0.4, 0.5) is 17.6 Å². The molecule has 0 aliphatic heterocycles. The third kappa shape index (κ3) is 5.49. The average Bonchev–Trinajstić information content (AvgIpc) is 3.39. The highest BCUT2D eigenvalue weighted by atomic mass is 32.1. The summed E-state index contributed by atoms with van der Waals surface area (Å²) < 4.78 is 52.0. The predicted octanol–water partition coefficient (Wildman–Crippen LogP) is 3.65. The highest BCUT2D eigenvalue weighted by Gasteiger charge is 2.34. The summed E-state index contributed by atoms with van der Waals surface area (Å²) in [7, 11) is 0. The minimum Gasteiger partial charge on any atom is -0.396 e. The number of thiazole rings is 1. The number of nitrogens with zero attached hydrogens (tertiary/aromatic N) is 1. The number of carbonyl (C=O) groups is 1. The molecule has 0 spiro atoms. The van der Waals surface area contributed by atoms with Crippen LogP contribution in [0.15, 0.2) is 35.7 Å². The number of nitrogens with two attached hydrogens (primary N) is 1. The molecule has 3 aromatic rings. The minimum absolute atomic E-state index is 0.0574. The van der Waals surface area contributed by atoms with E-state index in [-0.39, 0.29) is 24.4 Å². The summed E-state index contributed by atoms with van der Waals surface area (Å²) in [6.07, 6.45) is -3.59. The van der Waals surface area contributed by atoms with Crippen LogP contribution in [0.25, 0.3) is 11.3 Å². The van der Waals surface area contributed by atoms with E-state index in [4.69, 9.17) is 10.8 Å². The van der Waals surface area contributed by atoms with Gasteiger partial charge in [0.2, 0.25) is 0 Å². The van der Waals surface area contributed by atoms with E-state index in [1.807, 2.05) is 5.38 Å². The molecule has 0 unspecified atom stereocenters. The number of benzene rings is 1. The first-order chi connectivity index (χ1) is 14.7. The fraction of sp³-hybridized carbons (Fsp3) is 0.300. The number of nitrogens with one attached hydrogen (secondary N) is 2. The quantitative estimate of drug-likeness (QED) is 0.389. The molecule has 0 bridgehead atoms. The maximum Gasteiger partial charge on any atom is 0.419 e. The van der Waals surface area contributed by atoms with Gasteiger partial charge >= 0.3 is 6.18 Å². The maximum absolute atomic E-state index is 13.8. The molecule has 0 fully saturated rings. The Hall–Kier alpha value is -2.76. The number of aliphatic hydroxyl groups excluding tert-OH is 1. The summed E-state index contributed by atoms with van der Waals surface area (Å²) in [5.74, 6) is -1.88. The number of aliphatic hydroxyl groups is 1. The number of alkyl halides is 3. The predicted molar refractivity (Wildman–Crippen MR) is 108 cm³/mol. The first-order valence-corrected chi connectivity index (χ1v) is 10.2. The summed E-state index contributed by atoms with van der Waals surface area (Å²) in [4.78, 5) is 19.8. The summed E-state index contributed by atoms with van der Waals surface area (Å²) in [5.41, 5.74) is 5.83.